The summed E-state index contributed by atoms with van der Waals surface area (Å²) in [5.41, 5.74) is 2.03. The second-order valence-corrected chi connectivity index (χ2v) is 13.4. The first-order valence-electron chi connectivity index (χ1n) is 16.4. The number of ketones is 1. The molecule has 0 spiro atoms. The Bertz CT molecular complexity index is 1710. The topological polar surface area (TPSA) is 111 Å². The predicted octanol–water partition coefficient (Wildman–Crippen LogP) is 8.60. The number of aliphatic hydroxyl groups excluding tert-OH is 1. The van der Waals surface area contributed by atoms with Crippen LogP contribution in [0.25, 0.3) is 5.76 Å². The molecule has 3 aromatic carbocycles. The summed E-state index contributed by atoms with van der Waals surface area (Å²) in [6.45, 7) is 7.62. The lowest BCUT2D eigenvalue weighted by molar-refractivity contribution is -0.132. The van der Waals surface area contributed by atoms with Gasteiger partial charge in [0.2, 0.25) is 5.13 Å². The van der Waals surface area contributed by atoms with Gasteiger partial charge in [0.1, 0.15) is 11.5 Å². The molecule has 1 amide bonds. The molecule has 1 aliphatic rings. The van der Waals surface area contributed by atoms with Crippen LogP contribution in [0.5, 0.6) is 17.2 Å². The molecule has 5 rings (SSSR count). The zero-order chi connectivity index (χ0) is 33.9. The predicted molar refractivity (Wildman–Crippen MR) is 190 cm³/mol. The molecule has 4 aromatic rings. The molecular weight excluding hydrogens is 647 g/mol. The Kier molecular flexibility index (Phi) is 12.5. The first kappa shape index (κ1) is 35.0. The fraction of sp³-hybridized carbons (Fsp3) is 0.351. The molecule has 1 saturated heterocycles. The van der Waals surface area contributed by atoms with E-state index in [0.29, 0.717) is 58.3 Å². The maximum atomic E-state index is 13.8. The van der Waals surface area contributed by atoms with Crippen molar-refractivity contribution in [1.29, 1.82) is 0 Å². The Morgan fingerprint density at radius 1 is 0.854 bits per heavy atom. The molecule has 0 radical (unpaired) electrons. The summed E-state index contributed by atoms with van der Waals surface area (Å²) in [5.74, 6) is 0.490. The first-order valence-corrected chi connectivity index (χ1v) is 18.2. The van der Waals surface area contributed by atoms with E-state index in [0.717, 1.165) is 37.7 Å². The van der Waals surface area contributed by atoms with E-state index in [1.807, 2.05) is 37.3 Å². The van der Waals surface area contributed by atoms with E-state index in [1.165, 1.54) is 28.0 Å². The fourth-order valence-corrected chi connectivity index (χ4v) is 7.06. The van der Waals surface area contributed by atoms with E-state index in [-0.39, 0.29) is 16.5 Å². The van der Waals surface area contributed by atoms with E-state index in [2.05, 4.69) is 24.0 Å². The molecule has 2 heterocycles. The summed E-state index contributed by atoms with van der Waals surface area (Å²) in [6.07, 6.45) is 4.98. The molecule has 9 nitrogen and oxygen atoms in total. The van der Waals surface area contributed by atoms with Crippen LogP contribution in [0, 0.1) is 0 Å². The molecule has 1 N–H and O–H groups in total. The number of aliphatic hydroxyl groups is 1. The molecule has 1 aliphatic heterocycles. The Balaban J connectivity index is 1.53. The van der Waals surface area contributed by atoms with E-state index in [4.69, 9.17) is 14.2 Å². The largest absolute Gasteiger partial charge is 0.507 e. The maximum absolute atomic E-state index is 13.8. The Hall–Kier alpha value is -4.35. The lowest BCUT2D eigenvalue weighted by Crippen LogP contribution is -2.29. The van der Waals surface area contributed by atoms with Gasteiger partial charge in [-0.15, -0.1) is 10.2 Å². The summed E-state index contributed by atoms with van der Waals surface area (Å²) in [7, 11) is 0. The van der Waals surface area contributed by atoms with Crippen LogP contribution in [0.1, 0.15) is 75.6 Å². The minimum atomic E-state index is -0.987. The highest BCUT2D eigenvalue weighted by molar-refractivity contribution is 8.00. The van der Waals surface area contributed by atoms with Crippen molar-refractivity contribution in [2.45, 2.75) is 69.0 Å². The van der Waals surface area contributed by atoms with E-state index >= 15 is 0 Å². The lowest BCUT2D eigenvalue weighted by atomic mass is 9.95. The number of carbonyl (C=O) groups excluding carboxylic acids is 2. The zero-order valence-corrected chi connectivity index (χ0v) is 29.1. The molecule has 0 saturated carbocycles. The van der Waals surface area contributed by atoms with E-state index in [1.54, 1.807) is 42.5 Å². The molecule has 11 heteroatoms. The third kappa shape index (κ3) is 8.38. The van der Waals surface area contributed by atoms with Crippen molar-refractivity contribution in [3.8, 4) is 17.2 Å². The number of ether oxygens (including phenoxy) is 3. The van der Waals surface area contributed by atoms with Gasteiger partial charge in [-0.1, -0.05) is 92.6 Å². The van der Waals surface area contributed by atoms with Gasteiger partial charge in [-0.2, -0.15) is 0 Å². The van der Waals surface area contributed by atoms with Crippen LogP contribution in [0.15, 0.2) is 82.7 Å². The van der Waals surface area contributed by atoms with Crippen LogP contribution in [-0.4, -0.2) is 46.8 Å². The quantitative estimate of drug-likeness (QED) is 0.0291. The van der Waals surface area contributed by atoms with Gasteiger partial charge in [0, 0.05) is 11.3 Å². The third-order valence-corrected chi connectivity index (χ3v) is 9.86. The average Bonchev–Trinajstić information content (AvgIpc) is 3.68. The monoisotopic (exact) mass is 687 g/mol. The Morgan fingerprint density at radius 2 is 1.60 bits per heavy atom. The van der Waals surface area contributed by atoms with Crippen LogP contribution in [-0.2, 0) is 15.3 Å². The van der Waals surface area contributed by atoms with Crippen LogP contribution in [0.3, 0.4) is 0 Å². The minimum Gasteiger partial charge on any atom is -0.507 e. The highest BCUT2D eigenvalue weighted by atomic mass is 32.2. The molecule has 1 aromatic heterocycles. The standard InChI is InChI=1S/C37H41N3O6S2/c1-4-7-12-22-46-29-20-17-27(23-30(29)44-6-3)32-31(33(41)26-15-18-28(19-16-26)45-21-8-5-2)34(42)35(43)40(32)36-38-39-37(48-36)47-24-25-13-10-9-11-14-25/h9-11,13-20,23,32,41H,4-8,12,21-22,24H2,1-3H3/t32-/m1/s1. The number of unbranched alkanes of at least 4 members (excludes halogenated alkanes) is 3. The number of aromatic nitrogens is 2. The molecule has 0 unspecified atom stereocenters. The summed E-state index contributed by atoms with van der Waals surface area (Å²) in [4.78, 5) is 28.9. The molecule has 0 bridgehead atoms. The molecule has 1 atom stereocenters. The maximum Gasteiger partial charge on any atom is 0.301 e. The SMILES string of the molecule is CCCCCOc1ccc([C@@H]2C(=C(O)c3ccc(OCCCC)cc3)C(=O)C(=O)N2c2nnc(SCc3ccccc3)s2)cc1OCC. The van der Waals surface area contributed by atoms with Crippen LogP contribution in [0.4, 0.5) is 5.13 Å². The van der Waals surface area contributed by atoms with E-state index < -0.39 is 17.7 Å². The number of thioether (sulfide) groups is 1. The van der Waals surface area contributed by atoms with Gasteiger partial charge in [0.15, 0.2) is 15.8 Å². The summed E-state index contributed by atoms with van der Waals surface area (Å²) in [5, 5.41) is 20.6. The normalized spacial score (nSPS) is 15.6. The average molecular weight is 688 g/mol. The summed E-state index contributed by atoms with van der Waals surface area (Å²) < 4.78 is 18.4. The van der Waals surface area contributed by atoms with Crippen molar-refractivity contribution in [1.82, 2.24) is 10.2 Å². The van der Waals surface area contributed by atoms with Gasteiger partial charge in [-0.05, 0) is 67.3 Å². The minimum absolute atomic E-state index is 0.0487. The van der Waals surface area contributed by atoms with Crippen LogP contribution >= 0.6 is 23.1 Å². The number of anilines is 1. The van der Waals surface area contributed by atoms with Crippen LogP contribution < -0.4 is 19.1 Å². The molecular formula is C37H41N3O6S2. The van der Waals surface area contributed by atoms with Crippen molar-refractivity contribution in [3.63, 3.8) is 0 Å². The Labute approximate surface area is 290 Å². The lowest BCUT2D eigenvalue weighted by Gasteiger charge is -2.23. The van der Waals surface area contributed by atoms with Gasteiger partial charge >= 0.3 is 5.91 Å². The highest BCUT2D eigenvalue weighted by Crippen LogP contribution is 2.45. The zero-order valence-electron chi connectivity index (χ0n) is 27.5. The van der Waals surface area contributed by atoms with Crippen molar-refractivity contribution >= 4 is 45.7 Å². The van der Waals surface area contributed by atoms with Crippen molar-refractivity contribution in [3.05, 3.63) is 95.1 Å². The summed E-state index contributed by atoms with van der Waals surface area (Å²) >= 11 is 2.72. The molecule has 48 heavy (non-hydrogen) atoms. The first-order chi connectivity index (χ1) is 23.4. The van der Waals surface area contributed by atoms with Crippen molar-refractivity contribution < 1.29 is 28.9 Å². The second kappa shape index (κ2) is 17.2. The number of rotatable bonds is 17. The number of hydrogen-bond donors (Lipinski definition) is 1. The number of Topliss-reactive ketones (excluding diaryl/α,β-unsaturated/α-hetero) is 1. The smallest absolute Gasteiger partial charge is 0.301 e. The summed E-state index contributed by atoms with van der Waals surface area (Å²) in [6, 6.07) is 21.2. The van der Waals surface area contributed by atoms with Crippen LogP contribution in [0.2, 0.25) is 0 Å². The number of carbonyl (C=O) groups is 2. The van der Waals surface area contributed by atoms with Gasteiger partial charge in [-0.3, -0.25) is 14.5 Å². The Morgan fingerprint density at radius 3 is 2.33 bits per heavy atom. The molecule has 252 valence electrons. The van der Waals surface area contributed by atoms with Crippen molar-refractivity contribution in [2.75, 3.05) is 24.7 Å². The number of benzene rings is 3. The van der Waals surface area contributed by atoms with Crippen molar-refractivity contribution in [2.24, 2.45) is 0 Å². The van der Waals surface area contributed by atoms with E-state index in [9.17, 15) is 14.7 Å². The van der Waals surface area contributed by atoms with Gasteiger partial charge in [-0.25, -0.2) is 0 Å². The fourth-order valence-electron chi connectivity index (χ4n) is 5.24. The van der Waals surface area contributed by atoms with Gasteiger partial charge in [0.05, 0.1) is 31.4 Å². The highest BCUT2D eigenvalue weighted by Gasteiger charge is 2.48. The molecule has 0 aliphatic carbocycles. The molecule has 1 fully saturated rings. The third-order valence-electron chi connectivity index (χ3n) is 7.73. The second-order valence-electron chi connectivity index (χ2n) is 11.2. The number of amides is 1. The number of nitrogens with zero attached hydrogens (tertiary/aromatic N) is 3. The van der Waals surface area contributed by atoms with Gasteiger partial charge < -0.3 is 19.3 Å². The van der Waals surface area contributed by atoms with Gasteiger partial charge in [0.25, 0.3) is 5.78 Å². The number of hydrogen-bond acceptors (Lipinski definition) is 10.